The Morgan fingerprint density at radius 1 is 1.33 bits per heavy atom. The van der Waals surface area contributed by atoms with Gasteiger partial charge in [-0.05, 0) is 57.4 Å². The number of ether oxygens (including phenoxy) is 1. The summed E-state index contributed by atoms with van der Waals surface area (Å²) in [5.41, 5.74) is 4.72. The molecule has 8 nitrogen and oxygen atoms in total. The van der Waals surface area contributed by atoms with E-state index in [1.54, 1.807) is 6.92 Å². The van der Waals surface area contributed by atoms with Crippen molar-refractivity contribution >= 4 is 34.9 Å². The normalized spacial score (nSPS) is 17.1. The molecule has 198 valence electrons. The number of aromatic nitrogens is 2. The van der Waals surface area contributed by atoms with Crippen molar-refractivity contribution in [3.63, 3.8) is 0 Å². The maximum Gasteiger partial charge on any atom is 0.416 e. The second kappa shape index (κ2) is 12.4. The van der Waals surface area contributed by atoms with E-state index in [0.29, 0.717) is 32.5 Å². The Morgan fingerprint density at radius 3 is 2.83 bits per heavy atom. The van der Waals surface area contributed by atoms with Gasteiger partial charge < -0.3 is 26.0 Å². The highest BCUT2D eigenvalue weighted by molar-refractivity contribution is 6.31. The lowest BCUT2D eigenvalue weighted by Gasteiger charge is -2.34. The monoisotopic (exact) mass is 532 g/mol. The van der Waals surface area contributed by atoms with Crippen molar-refractivity contribution in [2.45, 2.75) is 50.9 Å². The number of benzene rings is 1. The highest BCUT2D eigenvalue weighted by Gasteiger charge is 2.32. The first kappa shape index (κ1) is 27.7. The van der Waals surface area contributed by atoms with Gasteiger partial charge >= 0.3 is 12.1 Å². The number of alkyl halides is 3. The fraction of sp³-hybridized carbons (Fsp3) is 0.522. The molecule has 36 heavy (non-hydrogen) atoms. The molecule has 0 bridgehead atoms. The zero-order valence-corrected chi connectivity index (χ0v) is 20.5. The molecule has 0 aliphatic carbocycles. The molecule has 0 amide bonds. The van der Waals surface area contributed by atoms with Crippen molar-refractivity contribution in [1.29, 1.82) is 0 Å². The third-order valence-corrected chi connectivity index (χ3v) is 5.98. The number of halogens is 5. The van der Waals surface area contributed by atoms with Crippen molar-refractivity contribution in [3.05, 3.63) is 40.9 Å². The second-order valence-electron chi connectivity index (χ2n) is 8.45. The third-order valence-electron chi connectivity index (χ3n) is 5.76. The molecular weight excluding hydrogens is 504 g/mol. The first-order chi connectivity index (χ1) is 17.1. The van der Waals surface area contributed by atoms with Gasteiger partial charge in [-0.1, -0.05) is 11.6 Å². The van der Waals surface area contributed by atoms with Gasteiger partial charge in [0.15, 0.2) is 11.6 Å². The highest BCUT2D eigenvalue weighted by Crippen LogP contribution is 2.33. The summed E-state index contributed by atoms with van der Waals surface area (Å²) in [6, 6.07) is 2.27. The van der Waals surface area contributed by atoms with Gasteiger partial charge in [-0.25, -0.2) is 14.8 Å². The summed E-state index contributed by atoms with van der Waals surface area (Å²) in [7, 11) is 0. The van der Waals surface area contributed by atoms with E-state index < -0.39 is 29.6 Å². The first-order valence-corrected chi connectivity index (χ1v) is 12.0. The van der Waals surface area contributed by atoms with Crippen LogP contribution in [-0.4, -0.2) is 54.3 Å². The van der Waals surface area contributed by atoms with Crippen molar-refractivity contribution in [2.75, 3.05) is 42.2 Å². The number of nitrogen functional groups attached to an aromatic ring is 1. The van der Waals surface area contributed by atoms with Crippen LogP contribution in [-0.2, 0) is 15.7 Å². The van der Waals surface area contributed by atoms with E-state index in [4.69, 9.17) is 22.1 Å². The molecule has 0 unspecified atom stereocenters. The number of carbonyl (C=O) groups is 1. The molecule has 2 heterocycles. The molecule has 3 rings (SSSR count). The Kier molecular flexibility index (Phi) is 9.55. The van der Waals surface area contributed by atoms with Crippen LogP contribution in [0.4, 0.5) is 34.9 Å². The molecule has 2 atom stereocenters. The fourth-order valence-electron chi connectivity index (χ4n) is 4.07. The molecule has 0 radical (unpaired) electrons. The van der Waals surface area contributed by atoms with Gasteiger partial charge in [0.05, 0.1) is 12.2 Å². The minimum Gasteiger partial charge on any atom is -0.464 e. The van der Waals surface area contributed by atoms with Crippen LogP contribution in [0.15, 0.2) is 24.5 Å². The maximum atomic E-state index is 14.3. The minimum atomic E-state index is -4.57. The van der Waals surface area contributed by atoms with E-state index >= 15 is 0 Å². The van der Waals surface area contributed by atoms with E-state index in [-0.39, 0.29) is 35.0 Å². The number of piperidine rings is 1. The Hall–Kier alpha value is -2.86. The quantitative estimate of drug-likeness (QED) is 0.237. The highest BCUT2D eigenvalue weighted by atomic mass is 35.5. The van der Waals surface area contributed by atoms with E-state index in [2.05, 4.69) is 20.6 Å². The number of nitrogens with zero attached hydrogens (tertiary/aromatic N) is 3. The van der Waals surface area contributed by atoms with Crippen molar-refractivity contribution < 1.29 is 27.1 Å². The van der Waals surface area contributed by atoms with Crippen LogP contribution in [0.1, 0.15) is 38.2 Å². The van der Waals surface area contributed by atoms with Crippen molar-refractivity contribution in [3.8, 4) is 0 Å². The van der Waals surface area contributed by atoms with E-state index in [1.807, 2.05) is 4.90 Å². The van der Waals surface area contributed by atoms with Gasteiger partial charge in [-0.15, -0.1) is 0 Å². The van der Waals surface area contributed by atoms with Crippen LogP contribution in [0, 0.1) is 5.82 Å². The third kappa shape index (κ3) is 7.57. The summed E-state index contributed by atoms with van der Waals surface area (Å²) < 4.78 is 58.8. The Morgan fingerprint density at radius 2 is 2.11 bits per heavy atom. The lowest BCUT2D eigenvalue weighted by Crippen LogP contribution is -2.46. The van der Waals surface area contributed by atoms with E-state index in [9.17, 15) is 22.4 Å². The fourth-order valence-corrected chi connectivity index (χ4v) is 4.31. The summed E-state index contributed by atoms with van der Waals surface area (Å²) in [5, 5.41) is 6.13. The maximum absolute atomic E-state index is 14.3. The molecule has 1 aromatic carbocycles. The number of hydrogen-bond donors (Lipinski definition) is 3. The largest absolute Gasteiger partial charge is 0.464 e. The average Bonchev–Trinajstić information content (AvgIpc) is 2.82. The number of nitrogens with one attached hydrogen (secondary N) is 2. The summed E-state index contributed by atoms with van der Waals surface area (Å²) in [5.74, 6) is -1.24. The molecule has 1 fully saturated rings. The average molecular weight is 533 g/mol. The lowest BCUT2D eigenvalue weighted by molar-refractivity contribution is -0.144. The van der Waals surface area contributed by atoms with Crippen LogP contribution in [0.25, 0.3) is 0 Å². The summed E-state index contributed by atoms with van der Waals surface area (Å²) in [6.45, 7) is 3.49. The van der Waals surface area contributed by atoms with Gasteiger partial charge in [0.2, 0.25) is 5.82 Å². The minimum absolute atomic E-state index is 0.0608. The summed E-state index contributed by atoms with van der Waals surface area (Å²) in [6.07, 6.45) is -0.795. The Balaban J connectivity index is 1.57. The van der Waals surface area contributed by atoms with Gasteiger partial charge in [0.25, 0.3) is 0 Å². The topological polar surface area (TPSA) is 105 Å². The molecular formula is C23H29ClF4N6O2. The Labute approximate surface area is 211 Å². The van der Waals surface area contributed by atoms with E-state index in [1.165, 1.54) is 12.4 Å². The molecule has 0 saturated carbocycles. The van der Waals surface area contributed by atoms with Crippen molar-refractivity contribution in [2.24, 2.45) is 0 Å². The molecule has 1 saturated heterocycles. The number of anilines is 3. The SMILES string of the molecule is CCOC(=O)[C@@H](CCCN[C@@H]1CCCN(c2ncnc(N)c2F)C1)Nc1cc(Cl)cc(C(F)(F)F)c1. The zero-order valence-electron chi connectivity index (χ0n) is 19.7. The Bertz CT molecular complexity index is 1040. The van der Waals surface area contributed by atoms with Gasteiger partial charge in [0, 0.05) is 29.8 Å². The number of rotatable bonds is 10. The summed E-state index contributed by atoms with van der Waals surface area (Å²) in [4.78, 5) is 21.9. The molecule has 0 spiro atoms. The number of esters is 1. The van der Waals surface area contributed by atoms with Gasteiger partial charge in [-0.3, -0.25) is 0 Å². The zero-order chi connectivity index (χ0) is 26.3. The van der Waals surface area contributed by atoms with Gasteiger partial charge in [0.1, 0.15) is 12.4 Å². The van der Waals surface area contributed by atoms with Crippen LogP contribution in [0.2, 0.25) is 5.02 Å². The van der Waals surface area contributed by atoms with Gasteiger partial charge in [-0.2, -0.15) is 17.6 Å². The predicted molar refractivity (Wildman–Crippen MR) is 129 cm³/mol. The lowest BCUT2D eigenvalue weighted by atomic mass is 10.0. The van der Waals surface area contributed by atoms with Crippen LogP contribution >= 0.6 is 11.6 Å². The summed E-state index contributed by atoms with van der Waals surface area (Å²) >= 11 is 5.86. The predicted octanol–water partition coefficient (Wildman–Crippen LogP) is 4.25. The first-order valence-electron chi connectivity index (χ1n) is 11.6. The molecule has 4 N–H and O–H groups in total. The standard InChI is InChI=1S/C23H29ClF4N6O2/c1-2-36-22(35)18(33-17-10-14(23(26,27)28)9-15(24)11-17)6-3-7-30-16-5-4-8-34(12-16)21-19(25)20(29)31-13-32-21/h9-11,13,16,18,30,33H,2-8,12H2,1H3,(H2,29,31,32)/t16-,18-/m1/s1. The number of nitrogens with two attached hydrogens (primary N) is 1. The second-order valence-corrected chi connectivity index (χ2v) is 8.89. The van der Waals surface area contributed by atoms with Crippen molar-refractivity contribution in [1.82, 2.24) is 15.3 Å². The smallest absolute Gasteiger partial charge is 0.416 e. The van der Waals surface area contributed by atoms with Crippen LogP contribution in [0.5, 0.6) is 0 Å². The molecule has 13 heteroatoms. The van der Waals surface area contributed by atoms with Crippen LogP contribution in [0.3, 0.4) is 0 Å². The van der Waals surface area contributed by atoms with E-state index in [0.717, 1.165) is 25.0 Å². The number of carbonyl (C=O) groups excluding carboxylic acids is 1. The molecule has 1 aliphatic rings. The number of hydrogen-bond acceptors (Lipinski definition) is 8. The molecule has 1 aromatic heterocycles. The van der Waals surface area contributed by atoms with Crippen LogP contribution < -0.4 is 21.3 Å². The molecule has 1 aliphatic heterocycles. The molecule has 2 aromatic rings.